The lowest BCUT2D eigenvalue weighted by atomic mass is 9.86. The Hall–Kier alpha value is -1.44. The van der Waals surface area contributed by atoms with Gasteiger partial charge in [-0.15, -0.1) is 0 Å². The Bertz CT molecular complexity index is 832. The minimum absolute atomic E-state index is 0.101. The van der Waals surface area contributed by atoms with Crippen molar-refractivity contribution in [2.45, 2.75) is 70.4 Å². The maximum Gasteiger partial charge on any atom is 0.278 e. The maximum atomic E-state index is 13.1. The van der Waals surface area contributed by atoms with Crippen LogP contribution in [-0.2, 0) is 14.8 Å². The first-order chi connectivity index (χ1) is 13.7. The predicted octanol–water partition coefficient (Wildman–Crippen LogP) is 1.28. The largest absolute Gasteiger partial charge is 0.348 e. The number of nitrogens with one attached hydrogen (secondary N) is 2. The topological polar surface area (TPSA) is 70.9 Å². The summed E-state index contributed by atoms with van der Waals surface area (Å²) in [5, 5.41) is 3.26. The van der Waals surface area contributed by atoms with Gasteiger partial charge in [-0.1, -0.05) is 31.9 Å². The van der Waals surface area contributed by atoms with E-state index >= 15 is 0 Å². The lowest BCUT2D eigenvalue weighted by Gasteiger charge is -2.36. The monoisotopic (exact) mass is 422 g/mol. The Morgan fingerprint density at radius 1 is 1.17 bits per heavy atom. The molecule has 0 spiro atoms. The standard InChI is InChI=1S/C22H35N3O3S/c1-16-9-10-18(3)21(15-16)29(27,28)25-13-11-24(12-14-25)19(4)22(26)23-20-8-6-5-7-17(20)2/h9-10,15,17,19-20H,5-8,11-14H2,1-4H3,(H,23,26)/p+1/t17-,19-,20+/m0/s1. The lowest BCUT2D eigenvalue weighted by Crippen LogP contribution is -3.19. The summed E-state index contributed by atoms with van der Waals surface area (Å²) in [6.45, 7) is 10.1. The zero-order valence-corrected chi connectivity index (χ0v) is 19.0. The van der Waals surface area contributed by atoms with E-state index in [1.54, 1.807) is 10.4 Å². The van der Waals surface area contributed by atoms with Gasteiger partial charge in [0, 0.05) is 6.04 Å². The van der Waals surface area contributed by atoms with E-state index in [0.29, 0.717) is 37.0 Å². The fourth-order valence-electron chi connectivity index (χ4n) is 4.59. The number of hydrogen-bond acceptors (Lipinski definition) is 3. The fourth-order valence-corrected chi connectivity index (χ4v) is 6.35. The van der Waals surface area contributed by atoms with Crippen LogP contribution in [-0.4, -0.2) is 56.9 Å². The molecule has 0 unspecified atom stereocenters. The van der Waals surface area contributed by atoms with Gasteiger partial charge in [0.2, 0.25) is 10.0 Å². The number of hydrogen-bond donors (Lipinski definition) is 2. The van der Waals surface area contributed by atoms with Crippen molar-refractivity contribution in [3.8, 4) is 0 Å². The molecule has 2 N–H and O–H groups in total. The normalized spacial score (nSPS) is 25.5. The number of aryl methyl sites for hydroxylation is 2. The lowest BCUT2D eigenvalue weighted by molar-refractivity contribution is -0.917. The summed E-state index contributed by atoms with van der Waals surface area (Å²) in [5.41, 5.74) is 1.72. The molecule has 0 radical (unpaired) electrons. The van der Waals surface area contributed by atoms with Gasteiger partial charge >= 0.3 is 0 Å². The highest BCUT2D eigenvalue weighted by molar-refractivity contribution is 7.89. The number of quaternary nitrogens is 1. The van der Waals surface area contributed by atoms with Gasteiger partial charge in [-0.25, -0.2) is 8.42 Å². The highest BCUT2D eigenvalue weighted by Gasteiger charge is 2.36. The number of carbonyl (C=O) groups is 1. The zero-order valence-electron chi connectivity index (χ0n) is 18.2. The quantitative estimate of drug-likeness (QED) is 0.751. The number of rotatable bonds is 5. The number of carbonyl (C=O) groups excluding carboxylic acids is 1. The van der Waals surface area contributed by atoms with Crippen LogP contribution in [0.5, 0.6) is 0 Å². The van der Waals surface area contributed by atoms with Crippen molar-refractivity contribution < 1.29 is 18.1 Å². The van der Waals surface area contributed by atoms with Crippen molar-refractivity contribution in [1.29, 1.82) is 0 Å². The molecule has 162 valence electrons. The molecule has 2 fully saturated rings. The van der Waals surface area contributed by atoms with Crippen LogP contribution in [0.1, 0.15) is 50.7 Å². The Balaban J connectivity index is 1.59. The first-order valence-electron chi connectivity index (χ1n) is 10.9. The van der Waals surface area contributed by atoms with E-state index in [9.17, 15) is 13.2 Å². The van der Waals surface area contributed by atoms with Crippen LogP contribution in [0, 0.1) is 19.8 Å². The Morgan fingerprint density at radius 2 is 1.83 bits per heavy atom. The van der Waals surface area contributed by atoms with Crippen LogP contribution in [0.25, 0.3) is 0 Å². The van der Waals surface area contributed by atoms with E-state index in [4.69, 9.17) is 0 Å². The van der Waals surface area contributed by atoms with Crippen molar-refractivity contribution in [1.82, 2.24) is 9.62 Å². The van der Waals surface area contributed by atoms with Gasteiger partial charge in [-0.05, 0) is 56.7 Å². The van der Waals surface area contributed by atoms with Crippen LogP contribution in [0.4, 0.5) is 0 Å². The summed E-state index contributed by atoms with van der Waals surface area (Å²) in [5.74, 6) is 0.638. The molecular weight excluding hydrogens is 386 g/mol. The molecule has 7 heteroatoms. The van der Waals surface area contributed by atoms with E-state index in [1.807, 2.05) is 32.9 Å². The van der Waals surface area contributed by atoms with Crippen LogP contribution in [0.3, 0.4) is 0 Å². The van der Waals surface area contributed by atoms with Crippen molar-refractivity contribution >= 4 is 15.9 Å². The molecule has 0 aromatic heterocycles. The molecule has 1 aliphatic heterocycles. The van der Waals surface area contributed by atoms with Crippen molar-refractivity contribution in [3.05, 3.63) is 29.3 Å². The van der Waals surface area contributed by atoms with Crippen LogP contribution in [0.15, 0.2) is 23.1 Å². The van der Waals surface area contributed by atoms with Crippen LogP contribution < -0.4 is 10.2 Å². The first kappa shape index (κ1) is 22.2. The minimum atomic E-state index is -3.50. The summed E-state index contributed by atoms with van der Waals surface area (Å²) in [6.07, 6.45) is 4.69. The molecule has 29 heavy (non-hydrogen) atoms. The molecule has 3 atom stereocenters. The summed E-state index contributed by atoms with van der Waals surface area (Å²) in [7, 11) is -3.50. The molecule has 1 amide bonds. The number of benzene rings is 1. The molecule has 2 aliphatic rings. The Kier molecular flexibility index (Phi) is 7.02. The van der Waals surface area contributed by atoms with E-state index in [0.717, 1.165) is 17.5 Å². The van der Waals surface area contributed by atoms with Crippen molar-refractivity contribution in [2.75, 3.05) is 26.2 Å². The van der Waals surface area contributed by atoms with E-state index in [-0.39, 0.29) is 18.0 Å². The third-order valence-corrected chi connectivity index (χ3v) is 8.81. The summed E-state index contributed by atoms with van der Waals surface area (Å²) < 4.78 is 27.8. The number of sulfonamides is 1. The van der Waals surface area contributed by atoms with Gasteiger partial charge in [0.1, 0.15) is 0 Å². The molecule has 1 aliphatic carbocycles. The van der Waals surface area contributed by atoms with E-state index < -0.39 is 10.0 Å². The third kappa shape index (κ3) is 5.01. The molecule has 1 saturated carbocycles. The highest BCUT2D eigenvalue weighted by Crippen LogP contribution is 2.24. The van der Waals surface area contributed by atoms with Gasteiger partial charge in [-0.3, -0.25) is 4.79 Å². The molecule has 6 nitrogen and oxygen atoms in total. The number of amides is 1. The molecular formula is C22H36N3O3S+. The summed E-state index contributed by atoms with van der Waals surface area (Å²) in [4.78, 5) is 14.3. The SMILES string of the molecule is Cc1ccc(C)c(S(=O)(=O)N2CC[NH+]([C@@H](C)C(=O)N[C@@H]3CCCC[C@@H]3C)CC2)c1. The highest BCUT2D eigenvalue weighted by atomic mass is 32.2. The van der Waals surface area contributed by atoms with Gasteiger partial charge < -0.3 is 10.2 Å². The van der Waals surface area contributed by atoms with E-state index in [1.165, 1.54) is 24.2 Å². The van der Waals surface area contributed by atoms with Gasteiger partial charge in [0.25, 0.3) is 5.91 Å². The van der Waals surface area contributed by atoms with Crippen LogP contribution >= 0.6 is 0 Å². The Morgan fingerprint density at radius 3 is 2.48 bits per heavy atom. The number of nitrogens with zero attached hydrogens (tertiary/aromatic N) is 1. The summed E-state index contributed by atoms with van der Waals surface area (Å²) in [6, 6.07) is 5.68. The molecule has 1 heterocycles. The Labute approximate surface area is 175 Å². The molecule has 1 aromatic carbocycles. The second-order valence-electron chi connectivity index (χ2n) is 8.93. The first-order valence-corrected chi connectivity index (χ1v) is 12.4. The second-order valence-corrected chi connectivity index (χ2v) is 10.8. The fraction of sp³-hybridized carbons (Fsp3) is 0.682. The van der Waals surface area contributed by atoms with Gasteiger partial charge in [-0.2, -0.15) is 4.31 Å². The smallest absolute Gasteiger partial charge is 0.278 e. The minimum Gasteiger partial charge on any atom is -0.348 e. The van der Waals surface area contributed by atoms with Crippen molar-refractivity contribution in [2.24, 2.45) is 5.92 Å². The van der Waals surface area contributed by atoms with Gasteiger partial charge in [0.15, 0.2) is 6.04 Å². The molecule has 1 saturated heterocycles. The van der Waals surface area contributed by atoms with Crippen molar-refractivity contribution in [3.63, 3.8) is 0 Å². The summed E-state index contributed by atoms with van der Waals surface area (Å²) >= 11 is 0. The molecule has 0 bridgehead atoms. The van der Waals surface area contributed by atoms with Gasteiger partial charge in [0.05, 0.1) is 31.1 Å². The zero-order chi connectivity index (χ0) is 21.2. The van der Waals surface area contributed by atoms with E-state index in [2.05, 4.69) is 12.2 Å². The average Bonchev–Trinajstić information content (AvgIpc) is 2.71. The third-order valence-electron chi connectivity index (χ3n) is 6.77. The second kappa shape index (κ2) is 9.14. The number of piperazine rings is 1. The average molecular weight is 423 g/mol. The van der Waals surface area contributed by atoms with Crippen LogP contribution in [0.2, 0.25) is 0 Å². The maximum absolute atomic E-state index is 13.1. The predicted molar refractivity (Wildman–Crippen MR) is 114 cm³/mol. The molecule has 3 rings (SSSR count). The molecule has 1 aromatic rings.